The third-order valence-electron chi connectivity index (χ3n) is 3.97. The fourth-order valence-corrected chi connectivity index (χ4v) is 3.11. The first-order valence-corrected chi connectivity index (χ1v) is 9.15. The Balaban J connectivity index is 1.72. The molecule has 7 heteroatoms. The van der Waals surface area contributed by atoms with E-state index < -0.39 is 0 Å². The van der Waals surface area contributed by atoms with E-state index in [1.54, 1.807) is 0 Å². The molecule has 0 saturated heterocycles. The van der Waals surface area contributed by atoms with Gasteiger partial charge in [-0.1, -0.05) is 28.1 Å². The van der Waals surface area contributed by atoms with E-state index >= 15 is 0 Å². The van der Waals surface area contributed by atoms with Gasteiger partial charge in [0.2, 0.25) is 0 Å². The number of halogens is 1. The summed E-state index contributed by atoms with van der Waals surface area (Å²) in [5, 5.41) is 11.3. The molecule has 1 aromatic carbocycles. The molecule has 0 radical (unpaired) electrons. The molecule has 1 aromatic heterocycles. The Morgan fingerprint density at radius 1 is 1.38 bits per heavy atom. The lowest BCUT2D eigenvalue weighted by molar-refractivity contribution is 0.397. The molecule has 0 saturated carbocycles. The van der Waals surface area contributed by atoms with Gasteiger partial charge in [0.15, 0.2) is 5.96 Å². The molecule has 0 amide bonds. The SMILES string of the molecule is CCNC(=NCc1ccc(Br)cc1)NC1CCCn2nc(C)nc21. The number of fused-ring (bicyclic) bond motifs is 1. The van der Waals surface area contributed by atoms with E-state index in [0.717, 1.165) is 48.0 Å². The van der Waals surface area contributed by atoms with Crippen LogP contribution < -0.4 is 10.6 Å². The highest BCUT2D eigenvalue weighted by molar-refractivity contribution is 9.10. The highest BCUT2D eigenvalue weighted by Crippen LogP contribution is 2.22. The monoisotopic (exact) mass is 390 g/mol. The first kappa shape index (κ1) is 17.0. The lowest BCUT2D eigenvalue weighted by atomic mass is 10.1. The Labute approximate surface area is 150 Å². The number of aromatic nitrogens is 3. The van der Waals surface area contributed by atoms with Crippen LogP contribution in [0.2, 0.25) is 0 Å². The highest BCUT2D eigenvalue weighted by atomic mass is 79.9. The number of nitrogens with one attached hydrogen (secondary N) is 2. The Morgan fingerprint density at radius 2 is 2.17 bits per heavy atom. The average Bonchev–Trinajstić information content (AvgIpc) is 2.95. The molecule has 1 aliphatic heterocycles. The molecule has 2 heterocycles. The zero-order valence-electron chi connectivity index (χ0n) is 14.1. The van der Waals surface area contributed by atoms with Crippen LogP contribution in [0.4, 0.5) is 0 Å². The van der Waals surface area contributed by atoms with Crippen molar-refractivity contribution in [3.05, 3.63) is 46.0 Å². The van der Waals surface area contributed by atoms with Crippen molar-refractivity contribution in [1.82, 2.24) is 25.4 Å². The molecule has 0 fully saturated rings. The van der Waals surface area contributed by atoms with Crippen LogP contribution in [-0.4, -0.2) is 27.3 Å². The fraction of sp³-hybridized carbons (Fsp3) is 0.471. The summed E-state index contributed by atoms with van der Waals surface area (Å²) in [6, 6.07) is 8.40. The summed E-state index contributed by atoms with van der Waals surface area (Å²) in [4.78, 5) is 9.28. The van der Waals surface area contributed by atoms with Gasteiger partial charge in [0.05, 0.1) is 12.6 Å². The van der Waals surface area contributed by atoms with Crippen LogP contribution in [0, 0.1) is 6.92 Å². The molecule has 24 heavy (non-hydrogen) atoms. The van der Waals surface area contributed by atoms with Crippen LogP contribution in [0.3, 0.4) is 0 Å². The third-order valence-corrected chi connectivity index (χ3v) is 4.50. The van der Waals surface area contributed by atoms with Crippen LogP contribution in [0.25, 0.3) is 0 Å². The molecular formula is C17H23BrN6. The maximum Gasteiger partial charge on any atom is 0.192 e. The van der Waals surface area contributed by atoms with Crippen molar-refractivity contribution in [2.75, 3.05) is 6.54 Å². The number of nitrogens with zero attached hydrogens (tertiary/aromatic N) is 4. The maximum absolute atomic E-state index is 4.71. The van der Waals surface area contributed by atoms with E-state index in [0.29, 0.717) is 6.54 Å². The van der Waals surface area contributed by atoms with Crippen molar-refractivity contribution in [3.8, 4) is 0 Å². The minimum atomic E-state index is 0.155. The second-order valence-corrected chi connectivity index (χ2v) is 6.82. The van der Waals surface area contributed by atoms with Crippen LogP contribution >= 0.6 is 15.9 Å². The zero-order chi connectivity index (χ0) is 16.9. The number of benzene rings is 1. The van der Waals surface area contributed by atoms with Gasteiger partial charge >= 0.3 is 0 Å². The molecule has 128 valence electrons. The van der Waals surface area contributed by atoms with Crippen molar-refractivity contribution in [1.29, 1.82) is 0 Å². The number of hydrogen-bond donors (Lipinski definition) is 2. The van der Waals surface area contributed by atoms with E-state index in [4.69, 9.17) is 4.99 Å². The summed E-state index contributed by atoms with van der Waals surface area (Å²) < 4.78 is 3.09. The molecule has 1 unspecified atom stereocenters. The molecule has 6 nitrogen and oxygen atoms in total. The topological polar surface area (TPSA) is 67.1 Å². The Bertz CT molecular complexity index is 706. The van der Waals surface area contributed by atoms with Crippen LogP contribution in [0.1, 0.15) is 43.0 Å². The normalized spacial score (nSPS) is 17.5. The summed E-state index contributed by atoms with van der Waals surface area (Å²) in [6.45, 7) is 6.42. The van der Waals surface area contributed by atoms with E-state index in [9.17, 15) is 0 Å². The van der Waals surface area contributed by atoms with Crippen molar-refractivity contribution in [3.63, 3.8) is 0 Å². The summed E-state index contributed by atoms with van der Waals surface area (Å²) in [6.07, 6.45) is 2.14. The molecule has 0 aliphatic carbocycles. The molecule has 2 aromatic rings. The number of guanidine groups is 1. The summed E-state index contributed by atoms with van der Waals surface area (Å²) >= 11 is 3.46. The molecule has 0 bridgehead atoms. The quantitative estimate of drug-likeness (QED) is 0.621. The fourth-order valence-electron chi connectivity index (χ4n) is 2.85. The Kier molecular flexibility index (Phi) is 5.50. The predicted octanol–water partition coefficient (Wildman–Crippen LogP) is 2.94. The van der Waals surface area contributed by atoms with Gasteiger partial charge in [0, 0.05) is 17.6 Å². The lowest BCUT2D eigenvalue weighted by Crippen LogP contribution is -2.41. The predicted molar refractivity (Wildman–Crippen MR) is 98.8 cm³/mol. The largest absolute Gasteiger partial charge is 0.357 e. The van der Waals surface area contributed by atoms with Crippen molar-refractivity contribution in [2.45, 2.75) is 45.8 Å². The molecule has 1 aliphatic rings. The first-order chi connectivity index (χ1) is 11.7. The van der Waals surface area contributed by atoms with Crippen LogP contribution in [-0.2, 0) is 13.1 Å². The average molecular weight is 391 g/mol. The van der Waals surface area contributed by atoms with E-state index in [1.165, 1.54) is 5.56 Å². The smallest absolute Gasteiger partial charge is 0.192 e. The van der Waals surface area contributed by atoms with Gasteiger partial charge in [-0.25, -0.2) is 14.7 Å². The minimum Gasteiger partial charge on any atom is -0.357 e. The number of aryl methyl sites for hydroxylation is 2. The van der Waals surface area contributed by atoms with Crippen molar-refractivity contribution >= 4 is 21.9 Å². The summed E-state index contributed by atoms with van der Waals surface area (Å²) in [7, 11) is 0. The molecule has 1 atom stereocenters. The Morgan fingerprint density at radius 3 is 2.92 bits per heavy atom. The van der Waals surface area contributed by atoms with Gasteiger partial charge in [0.25, 0.3) is 0 Å². The van der Waals surface area contributed by atoms with Crippen molar-refractivity contribution in [2.24, 2.45) is 4.99 Å². The van der Waals surface area contributed by atoms with Crippen LogP contribution in [0.15, 0.2) is 33.7 Å². The Hall–Kier alpha value is -1.89. The van der Waals surface area contributed by atoms with Crippen molar-refractivity contribution < 1.29 is 0 Å². The van der Waals surface area contributed by atoms with Gasteiger partial charge in [-0.2, -0.15) is 5.10 Å². The van der Waals surface area contributed by atoms with E-state index in [-0.39, 0.29) is 6.04 Å². The second kappa shape index (κ2) is 7.79. The molecular weight excluding hydrogens is 368 g/mol. The van der Waals surface area contributed by atoms with Gasteiger partial charge in [-0.15, -0.1) is 0 Å². The third kappa shape index (κ3) is 4.14. The molecule has 0 spiro atoms. The standard InChI is InChI=1S/C17H23BrN6/c1-3-19-17(20-11-13-6-8-14(18)9-7-13)22-15-5-4-10-24-16(15)21-12(2)23-24/h6-9,15H,3-5,10-11H2,1-2H3,(H2,19,20,22). The van der Waals surface area contributed by atoms with Crippen LogP contribution in [0.5, 0.6) is 0 Å². The number of aliphatic imine (C=N–C) groups is 1. The minimum absolute atomic E-state index is 0.155. The molecule has 3 rings (SSSR count). The van der Waals surface area contributed by atoms with E-state index in [2.05, 4.69) is 55.7 Å². The maximum atomic E-state index is 4.71. The van der Waals surface area contributed by atoms with Gasteiger partial charge < -0.3 is 10.6 Å². The highest BCUT2D eigenvalue weighted by Gasteiger charge is 2.24. The summed E-state index contributed by atoms with van der Waals surface area (Å²) in [5.74, 6) is 2.66. The molecule has 2 N–H and O–H groups in total. The van der Waals surface area contributed by atoms with Gasteiger partial charge in [0.1, 0.15) is 11.6 Å². The number of hydrogen-bond acceptors (Lipinski definition) is 3. The lowest BCUT2D eigenvalue weighted by Gasteiger charge is -2.25. The number of rotatable bonds is 4. The first-order valence-electron chi connectivity index (χ1n) is 8.36. The van der Waals surface area contributed by atoms with Gasteiger partial charge in [-0.3, -0.25) is 0 Å². The van der Waals surface area contributed by atoms with E-state index in [1.807, 2.05) is 23.7 Å². The van der Waals surface area contributed by atoms with Gasteiger partial charge in [-0.05, 0) is 44.4 Å². The second-order valence-electron chi connectivity index (χ2n) is 5.90. The summed E-state index contributed by atoms with van der Waals surface area (Å²) in [5.41, 5.74) is 1.18. The zero-order valence-corrected chi connectivity index (χ0v) is 15.7.